The number of fused-ring (bicyclic) bond motifs is 1. The number of piperidine rings is 1. The molecule has 3 unspecified atom stereocenters. The van der Waals surface area contributed by atoms with Gasteiger partial charge in [0.05, 0.1) is 0 Å². The summed E-state index contributed by atoms with van der Waals surface area (Å²) in [7, 11) is 0. The lowest BCUT2D eigenvalue weighted by atomic mass is 9.98. The summed E-state index contributed by atoms with van der Waals surface area (Å²) in [4.78, 5) is 41.1. The lowest BCUT2D eigenvalue weighted by Crippen LogP contribution is -2.52. The molecule has 3 atom stereocenters. The van der Waals surface area contributed by atoms with Crippen LogP contribution >= 0.6 is 0 Å². The second-order valence-corrected chi connectivity index (χ2v) is 8.84. The summed E-state index contributed by atoms with van der Waals surface area (Å²) in [6.45, 7) is 4.51. The molecule has 29 heavy (non-hydrogen) atoms. The van der Waals surface area contributed by atoms with Crippen molar-refractivity contribution in [1.29, 1.82) is 0 Å². The highest BCUT2D eigenvalue weighted by molar-refractivity contribution is 6.05. The third-order valence-electron chi connectivity index (χ3n) is 7.01. The number of amides is 3. The molecule has 4 aliphatic rings. The molecule has 7 heteroatoms. The largest absolute Gasteiger partial charge is 0.322 e. The van der Waals surface area contributed by atoms with Gasteiger partial charge >= 0.3 is 0 Å². The predicted molar refractivity (Wildman–Crippen MR) is 107 cm³/mol. The van der Waals surface area contributed by atoms with Gasteiger partial charge < -0.3 is 10.2 Å². The van der Waals surface area contributed by atoms with E-state index in [1.807, 2.05) is 18.2 Å². The van der Waals surface area contributed by atoms with Crippen LogP contribution in [0.3, 0.4) is 0 Å². The average Bonchev–Trinajstić information content (AvgIpc) is 3.43. The van der Waals surface area contributed by atoms with Crippen LogP contribution in [0.5, 0.6) is 0 Å². The van der Waals surface area contributed by atoms with Gasteiger partial charge in [-0.15, -0.1) is 0 Å². The van der Waals surface area contributed by atoms with E-state index in [0.29, 0.717) is 24.9 Å². The average molecular weight is 396 g/mol. The molecule has 0 aliphatic carbocycles. The van der Waals surface area contributed by atoms with Gasteiger partial charge in [-0.3, -0.25) is 24.6 Å². The molecule has 3 saturated heterocycles. The first kappa shape index (κ1) is 18.8. The molecule has 7 nitrogen and oxygen atoms in total. The van der Waals surface area contributed by atoms with E-state index in [2.05, 4.69) is 15.5 Å². The number of carbonyl (C=O) groups excluding carboxylic acids is 3. The molecule has 154 valence electrons. The van der Waals surface area contributed by atoms with Crippen molar-refractivity contribution in [1.82, 2.24) is 20.4 Å². The number of imide groups is 1. The Balaban J connectivity index is 1.30. The summed E-state index contributed by atoms with van der Waals surface area (Å²) in [6, 6.07) is 6.14. The molecule has 0 saturated carbocycles. The first-order valence-electron chi connectivity index (χ1n) is 10.8. The molecule has 0 aromatic heterocycles. The molecule has 0 radical (unpaired) electrons. The Morgan fingerprint density at radius 2 is 2.00 bits per heavy atom. The molecule has 5 rings (SSSR count). The fraction of sp³-hybridized carbons (Fsp3) is 0.591. The highest BCUT2D eigenvalue weighted by Gasteiger charge is 2.40. The van der Waals surface area contributed by atoms with Crippen LogP contribution in [-0.2, 0) is 22.7 Å². The standard InChI is InChI=1S/C22H28N4O3/c27-19-7-6-18(21(28)24-19)26-13-16-4-1-3-15(20(16)22(26)29)12-25-10-8-14(11-25)17-5-2-9-23-17/h1,3-4,14,17-18,23H,2,5-13H2,(H,24,27,28). The Kier molecular flexibility index (Phi) is 4.87. The normalized spacial score (nSPS) is 30.1. The third kappa shape index (κ3) is 3.46. The minimum Gasteiger partial charge on any atom is -0.322 e. The summed E-state index contributed by atoms with van der Waals surface area (Å²) in [5.74, 6) is 0.0232. The summed E-state index contributed by atoms with van der Waals surface area (Å²) in [5, 5.41) is 6.00. The maximum atomic E-state index is 13.2. The second-order valence-electron chi connectivity index (χ2n) is 8.84. The lowest BCUT2D eigenvalue weighted by Gasteiger charge is -2.29. The molecule has 3 fully saturated rings. The monoisotopic (exact) mass is 396 g/mol. The van der Waals surface area contributed by atoms with E-state index in [1.54, 1.807) is 4.90 Å². The van der Waals surface area contributed by atoms with Crippen molar-refractivity contribution in [3.63, 3.8) is 0 Å². The summed E-state index contributed by atoms with van der Waals surface area (Å²) >= 11 is 0. The van der Waals surface area contributed by atoms with Crippen molar-refractivity contribution >= 4 is 17.7 Å². The van der Waals surface area contributed by atoms with Crippen molar-refractivity contribution in [3.05, 3.63) is 34.9 Å². The van der Waals surface area contributed by atoms with Crippen LogP contribution in [0, 0.1) is 5.92 Å². The van der Waals surface area contributed by atoms with Gasteiger partial charge in [0.1, 0.15) is 6.04 Å². The van der Waals surface area contributed by atoms with Crippen LogP contribution in [0.25, 0.3) is 0 Å². The number of carbonyl (C=O) groups is 3. The van der Waals surface area contributed by atoms with Crippen LogP contribution in [-0.4, -0.2) is 59.2 Å². The number of rotatable bonds is 4. The van der Waals surface area contributed by atoms with E-state index in [9.17, 15) is 14.4 Å². The first-order valence-corrected chi connectivity index (χ1v) is 10.8. The zero-order valence-electron chi connectivity index (χ0n) is 16.7. The van der Waals surface area contributed by atoms with Crippen molar-refractivity contribution in [2.24, 2.45) is 5.92 Å². The summed E-state index contributed by atoms with van der Waals surface area (Å²) in [6.07, 6.45) is 4.45. The minimum absolute atomic E-state index is 0.0710. The summed E-state index contributed by atoms with van der Waals surface area (Å²) in [5.41, 5.74) is 2.81. The predicted octanol–water partition coefficient (Wildman–Crippen LogP) is 1.02. The Bertz CT molecular complexity index is 848. The number of benzene rings is 1. The van der Waals surface area contributed by atoms with Crippen LogP contribution in [0.1, 0.15) is 53.6 Å². The number of nitrogens with one attached hydrogen (secondary N) is 2. The van der Waals surface area contributed by atoms with Gasteiger partial charge in [0, 0.05) is 37.7 Å². The molecule has 3 amide bonds. The smallest absolute Gasteiger partial charge is 0.255 e. The fourth-order valence-corrected chi connectivity index (χ4v) is 5.51. The maximum absolute atomic E-state index is 13.2. The Morgan fingerprint density at radius 3 is 2.79 bits per heavy atom. The van der Waals surface area contributed by atoms with Gasteiger partial charge in [0.25, 0.3) is 5.91 Å². The fourth-order valence-electron chi connectivity index (χ4n) is 5.51. The van der Waals surface area contributed by atoms with E-state index in [1.165, 1.54) is 19.3 Å². The Hall–Kier alpha value is -2.25. The highest BCUT2D eigenvalue weighted by Crippen LogP contribution is 2.32. The van der Waals surface area contributed by atoms with Gasteiger partial charge in [0.2, 0.25) is 11.8 Å². The van der Waals surface area contributed by atoms with E-state index >= 15 is 0 Å². The van der Waals surface area contributed by atoms with Crippen molar-refractivity contribution in [2.45, 2.75) is 57.3 Å². The number of hydrogen-bond donors (Lipinski definition) is 2. The van der Waals surface area contributed by atoms with Crippen molar-refractivity contribution < 1.29 is 14.4 Å². The van der Waals surface area contributed by atoms with Crippen LogP contribution < -0.4 is 10.6 Å². The van der Waals surface area contributed by atoms with E-state index in [0.717, 1.165) is 42.9 Å². The van der Waals surface area contributed by atoms with Gasteiger partial charge in [-0.05, 0) is 55.8 Å². The van der Waals surface area contributed by atoms with E-state index in [-0.39, 0.29) is 24.1 Å². The molecule has 0 bridgehead atoms. The molecule has 4 heterocycles. The quantitative estimate of drug-likeness (QED) is 0.743. The molecule has 4 aliphatic heterocycles. The second kappa shape index (κ2) is 7.54. The van der Waals surface area contributed by atoms with Gasteiger partial charge in [-0.2, -0.15) is 0 Å². The van der Waals surface area contributed by atoms with Crippen molar-refractivity contribution in [2.75, 3.05) is 19.6 Å². The Morgan fingerprint density at radius 1 is 1.10 bits per heavy atom. The minimum atomic E-state index is -0.551. The zero-order chi connectivity index (χ0) is 20.0. The van der Waals surface area contributed by atoms with E-state index in [4.69, 9.17) is 0 Å². The number of likely N-dealkylation sites (tertiary alicyclic amines) is 1. The van der Waals surface area contributed by atoms with Gasteiger partial charge in [-0.25, -0.2) is 0 Å². The molecule has 0 spiro atoms. The highest BCUT2D eigenvalue weighted by atomic mass is 16.2. The van der Waals surface area contributed by atoms with Crippen LogP contribution in [0.4, 0.5) is 0 Å². The molecular formula is C22H28N4O3. The molecule has 2 N–H and O–H groups in total. The van der Waals surface area contributed by atoms with E-state index < -0.39 is 6.04 Å². The van der Waals surface area contributed by atoms with Gasteiger partial charge in [0.15, 0.2) is 0 Å². The zero-order valence-corrected chi connectivity index (χ0v) is 16.7. The molecule has 1 aromatic carbocycles. The molecular weight excluding hydrogens is 368 g/mol. The lowest BCUT2D eigenvalue weighted by molar-refractivity contribution is -0.136. The van der Waals surface area contributed by atoms with Gasteiger partial charge in [-0.1, -0.05) is 18.2 Å². The van der Waals surface area contributed by atoms with Crippen LogP contribution in [0.15, 0.2) is 18.2 Å². The summed E-state index contributed by atoms with van der Waals surface area (Å²) < 4.78 is 0. The number of nitrogens with zero attached hydrogens (tertiary/aromatic N) is 2. The number of hydrogen-bond acceptors (Lipinski definition) is 5. The first-order chi connectivity index (χ1) is 14.1. The Labute approximate surface area is 170 Å². The van der Waals surface area contributed by atoms with Crippen LogP contribution in [0.2, 0.25) is 0 Å². The topological polar surface area (TPSA) is 81.8 Å². The van der Waals surface area contributed by atoms with Crippen molar-refractivity contribution in [3.8, 4) is 0 Å². The maximum Gasteiger partial charge on any atom is 0.255 e. The SMILES string of the molecule is O=C1CCC(N2Cc3cccc(CN4CCC(C5CCCN5)C4)c3C2=O)C(=O)N1. The third-order valence-corrected chi connectivity index (χ3v) is 7.01. The molecule has 1 aromatic rings.